The highest BCUT2D eigenvalue weighted by atomic mass is 32.2. The number of aromatic nitrogens is 3. The summed E-state index contributed by atoms with van der Waals surface area (Å²) in [7, 11) is -4.34. The maximum atomic E-state index is 15.6. The minimum absolute atomic E-state index is 0.00423. The van der Waals surface area contributed by atoms with Crippen LogP contribution in [0.5, 0.6) is 0 Å². The van der Waals surface area contributed by atoms with Crippen LogP contribution in [0.4, 0.5) is 18.9 Å². The molecule has 0 atom stereocenters. The minimum atomic E-state index is -4.34. The molecule has 4 rings (SSSR count). The van der Waals surface area contributed by atoms with Crippen molar-refractivity contribution in [3.05, 3.63) is 77.4 Å². The van der Waals surface area contributed by atoms with Gasteiger partial charge in [0.2, 0.25) is 0 Å². The summed E-state index contributed by atoms with van der Waals surface area (Å²) in [5.41, 5.74) is -1.01. The molecule has 11 heteroatoms. The Morgan fingerprint density at radius 3 is 2.44 bits per heavy atom. The van der Waals surface area contributed by atoms with E-state index >= 15 is 4.39 Å². The Labute approximate surface area is 198 Å². The van der Waals surface area contributed by atoms with Crippen molar-refractivity contribution in [1.29, 1.82) is 0 Å². The molecule has 0 spiro atoms. The van der Waals surface area contributed by atoms with Gasteiger partial charge in [-0.15, -0.1) is 11.3 Å². The summed E-state index contributed by atoms with van der Waals surface area (Å²) in [6, 6.07) is 7.77. The lowest BCUT2D eigenvalue weighted by molar-refractivity contribution is 0.579. The molecule has 6 nitrogen and oxygen atoms in total. The highest BCUT2D eigenvalue weighted by molar-refractivity contribution is 7.92. The zero-order valence-corrected chi connectivity index (χ0v) is 19.9. The Kier molecular flexibility index (Phi) is 6.17. The van der Waals surface area contributed by atoms with E-state index in [0.29, 0.717) is 15.6 Å². The van der Waals surface area contributed by atoms with Crippen LogP contribution in [-0.2, 0) is 15.4 Å². The van der Waals surface area contributed by atoms with Gasteiger partial charge in [0.1, 0.15) is 18.0 Å². The molecule has 0 fully saturated rings. The Morgan fingerprint density at radius 1 is 1.03 bits per heavy atom. The average Bonchev–Trinajstić information content (AvgIpc) is 3.22. The maximum absolute atomic E-state index is 15.6. The van der Waals surface area contributed by atoms with Gasteiger partial charge in [-0.25, -0.2) is 36.5 Å². The fourth-order valence-electron chi connectivity index (χ4n) is 3.10. The van der Waals surface area contributed by atoms with Crippen LogP contribution in [0.25, 0.3) is 21.8 Å². The average molecular weight is 505 g/mol. The van der Waals surface area contributed by atoms with Crippen LogP contribution < -0.4 is 4.72 Å². The SMILES string of the molecule is CC(C)(C)c1nc(-c2c(F)ccc(NS(=O)(=O)c3cccc(F)c3)c2F)c(-c2ccncn2)s1. The highest BCUT2D eigenvalue weighted by Gasteiger charge is 2.28. The second-order valence-corrected chi connectivity index (χ2v) is 11.1. The quantitative estimate of drug-likeness (QED) is 0.372. The number of benzene rings is 2. The summed E-state index contributed by atoms with van der Waals surface area (Å²) in [5, 5.41) is 0.612. The van der Waals surface area contributed by atoms with Crippen molar-refractivity contribution in [2.75, 3.05) is 4.72 Å². The number of nitrogens with zero attached hydrogens (tertiary/aromatic N) is 3. The van der Waals surface area contributed by atoms with Gasteiger partial charge in [0.05, 0.1) is 37.4 Å². The summed E-state index contributed by atoms with van der Waals surface area (Å²) in [6.45, 7) is 5.74. The minimum Gasteiger partial charge on any atom is -0.277 e. The monoisotopic (exact) mass is 504 g/mol. The van der Waals surface area contributed by atoms with Crippen molar-refractivity contribution in [3.8, 4) is 21.8 Å². The molecule has 34 heavy (non-hydrogen) atoms. The van der Waals surface area contributed by atoms with Gasteiger partial charge in [0, 0.05) is 11.6 Å². The first-order valence-corrected chi connectivity index (χ1v) is 12.3. The van der Waals surface area contributed by atoms with E-state index < -0.39 is 49.0 Å². The molecule has 0 saturated carbocycles. The van der Waals surface area contributed by atoms with E-state index in [-0.39, 0.29) is 5.69 Å². The van der Waals surface area contributed by atoms with E-state index in [4.69, 9.17) is 0 Å². The summed E-state index contributed by atoms with van der Waals surface area (Å²) >= 11 is 1.23. The largest absolute Gasteiger partial charge is 0.277 e. The van der Waals surface area contributed by atoms with Crippen LogP contribution in [0.1, 0.15) is 25.8 Å². The molecule has 0 amide bonds. The molecule has 0 bridgehead atoms. The molecule has 0 unspecified atom stereocenters. The van der Waals surface area contributed by atoms with Crippen molar-refractivity contribution >= 4 is 27.0 Å². The molecule has 0 radical (unpaired) electrons. The second-order valence-electron chi connectivity index (χ2n) is 8.39. The van der Waals surface area contributed by atoms with Crippen LogP contribution >= 0.6 is 11.3 Å². The first-order valence-electron chi connectivity index (χ1n) is 10.0. The molecule has 0 aliphatic heterocycles. The van der Waals surface area contributed by atoms with Crippen LogP contribution in [0.2, 0.25) is 0 Å². The van der Waals surface area contributed by atoms with Crippen molar-refractivity contribution in [3.63, 3.8) is 0 Å². The number of nitrogens with one attached hydrogen (secondary N) is 1. The topological polar surface area (TPSA) is 84.8 Å². The lowest BCUT2D eigenvalue weighted by atomic mass is 9.98. The fraction of sp³-hybridized carbons (Fsp3) is 0.174. The second kappa shape index (κ2) is 8.80. The van der Waals surface area contributed by atoms with Gasteiger partial charge >= 0.3 is 0 Å². The van der Waals surface area contributed by atoms with E-state index in [9.17, 15) is 17.2 Å². The van der Waals surface area contributed by atoms with Crippen molar-refractivity contribution in [2.24, 2.45) is 0 Å². The van der Waals surface area contributed by atoms with Gasteiger partial charge in [0.25, 0.3) is 10.0 Å². The Morgan fingerprint density at radius 2 is 1.79 bits per heavy atom. The van der Waals surface area contributed by atoms with E-state index in [2.05, 4.69) is 19.7 Å². The number of hydrogen-bond donors (Lipinski definition) is 1. The maximum Gasteiger partial charge on any atom is 0.262 e. The molecule has 0 saturated heterocycles. The van der Waals surface area contributed by atoms with Crippen LogP contribution in [0, 0.1) is 17.5 Å². The third-order valence-corrected chi connectivity index (χ3v) is 7.63. The summed E-state index contributed by atoms with van der Waals surface area (Å²) in [6.07, 6.45) is 2.81. The third-order valence-electron chi connectivity index (χ3n) is 4.76. The van der Waals surface area contributed by atoms with E-state index in [1.165, 1.54) is 29.9 Å². The van der Waals surface area contributed by atoms with Gasteiger partial charge in [-0.3, -0.25) is 4.72 Å². The zero-order valence-electron chi connectivity index (χ0n) is 18.3. The highest BCUT2D eigenvalue weighted by Crippen LogP contribution is 2.42. The molecule has 2 aromatic carbocycles. The van der Waals surface area contributed by atoms with E-state index in [0.717, 1.165) is 30.3 Å². The van der Waals surface area contributed by atoms with Crippen LogP contribution in [0.15, 0.2) is 59.9 Å². The van der Waals surface area contributed by atoms with Gasteiger partial charge < -0.3 is 0 Å². The molecule has 2 heterocycles. The summed E-state index contributed by atoms with van der Waals surface area (Å²) in [5.74, 6) is -2.84. The number of halogens is 3. The van der Waals surface area contributed by atoms with E-state index in [1.807, 2.05) is 20.8 Å². The molecule has 1 N–H and O–H groups in total. The molecular formula is C23H19F3N4O2S2. The van der Waals surface area contributed by atoms with Gasteiger partial charge in [0.15, 0.2) is 5.82 Å². The first kappa shape index (κ1) is 23.8. The number of hydrogen-bond acceptors (Lipinski definition) is 6. The molecule has 2 aromatic heterocycles. The predicted molar refractivity (Wildman–Crippen MR) is 124 cm³/mol. The molecule has 4 aromatic rings. The van der Waals surface area contributed by atoms with E-state index in [1.54, 1.807) is 6.07 Å². The van der Waals surface area contributed by atoms with Crippen LogP contribution in [-0.4, -0.2) is 23.4 Å². The number of sulfonamides is 1. The molecule has 0 aliphatic carbocycles. The Balaban J connectivity index is 1.87. The fourth-order valence-corrected chi connectivity index (χ4v) is 5.29. The number of anilines is 1. The number of thiazole rings is 1. The summed E-state index contributed by atoms with van der Waals surface area (Å²) < 4.78 is 71.6. The lowest BCUT2D eigenvalue weighted by Crippen LogP contribution is -2.15. The predicted octanol–water partition coefficient (Wildman–Crippen LogP) is 5.78. The van der Waals surface area contributed by atoms with Crippen molar-refractivity contribution < 1.29 is 21.6 Å². The molecule has 176 valence electrons. The standard InChI is InChI=1S/C23H19F3N4O2S2/c1-23(2,3)22-29-20(21(33-22)17-9-10-27-12-28-17)18-15(25)7-8-16(19(18)26)30-34(31,32)14-6-4-5-13(24)11-14/h4-12,30H,1-3H3. The zero-order chi connectivity index (χ0) is 24.7. The third kappa shape index (κ3) is 4.66. The summed E-state index contributed by atoms with van der Waals surface area (Å²) in [4.78, 5) is 12.6. The van der Waals surface area contributed by atoms with Gasteiger partial charge in [-0.1, -0.05) is 26.8 Å². The Bertz CT molecular complexity index is 1470. The van der Waals surface area contributed by atoms with Crippen molar-refractivity contribution in [1.82, 2.24) is 15.0 Å². The Hall–Kier alpha value is -3.31. The number of rotatable bonds is 5. The first-order chi connectivity index (χ1) is 16.0. The molecular weight excluding hydrogens is 485 g/mol. The van der Waals surface area contributed by atoms with Gasteiger partial charge in [-0.2, -0.15) is 0 Å². The normalized spacial score (nSPS) is 12.1. The molecule has 0 aliphatic rings. The lowest BCUT2D eigenvalue weighted by Gasteiger charge is -2.14. The smallest absolute Gasteiger partial charge is 0.262 e. The van der Waals surface area contributed by atoms with Gasteiger partial charge in [-0.05, 0) is 36.4 Å². The van der Waals surface area contributed by atoms with Crippen LogP contribution in [0.3, 0.4) is 0 Å². The van der Waals surface area contributed by atoms with Crippen molar-refractivity contribution in [2.45, 2.75) is 31.1 Å².